The van der Waals surface area contributed by atoms with Crippen LogP contribution in [0, 0.1) is 0 Å². The van der Waals surface area contributed by atoms with E-state index in [1.165, 1.54) is 0 Å². The number of rotatable bonds is 5. The number of aromatic nitrogens is 4. The number of carbonyl (C=O) groups is 1. The van der Waals surface area contributed by atoms with E-state index in [-0.39, 0.29) is 7.43 Å². The maximum absolute atomic E-state index is 12.1. The van der Waals surface area contributed by atoms with E-state index in [0.29, 0.717) is 23.6 Å². The molecule has 4 aromatic rings. The highest BCUT2D eigenvalue weighted by Gasteiger charge is 2.18. The van der Waals surface area contributed by atoms with Gasteiger partial charge in [0.05, 0.1) is 6.61 Å². The third-order valence-electron chi connectivity index (χ3n) is 4.56. The Morgan fingerprint density at radius 3 is 2.61 bits per heavy atom. The van der Waals surface area contributed by atoms with Gasteiger partial charge in [0.25, 0.3) is 0 Å². The fourth-order valence-electron chi connectivity index (χ4n) is 3.26. The van der Waals surface area contributed by atoms with Crippen LogP contribution in [0.1, 0.15) is 45.6 Å². The molecule has 0 aliphatic rings. The summed E-state index contributed by atoms with van der Waals surface area (Å²) >= 11 is 0. The lowest BCUT2D eigenvalue weighted by atomic mass is 10.00. The molecule has 0 atom stereocenters. The van der Waals surface area contributed by atoms with Crippen molar-refractivity contribution in [3.05, 3.63) is 54.5 Å². The molecule has 3 aromatic heterocycles. The number of pyridine rings is 1. The van der Waals surface area contributed by atoms with E-state index in [4.69, 9.17) is 15.6 Å². The Labute approximate surface area is 183 Å². The molecule has 0 aliphatic heterocycles. The second-order valence-electron chi connectivity index (χ2n) is 6.40. The van der Waals surface area contributed by atoms with E-state index in [9.17, 15) is 4.79 Å². The van der Waals surface area contributed by atoms with Gasteiger partial charge in [0.2, 0.25) is 0 Å². The van der Waals surface area contributed by atoms with Crippen LogP contribution in [-0.2, 0) is 11.3 Å². The van der Waals surface area contributed by atoms with Gasteiger partial charge in [-0.05, 0) is 43.7 Å². The summed E-state index contributed by atoms with van der Waals surface area (Å²) in [6.45, 7) is 8.88. The molecule has 0 bridgehead atoms. The Morgan fingerprint density at radius 2 is 1.94 bits per heavy atom. The zero-order valence-corrected chi connectivity index (χ0v) is 17.8. The number of H-pyrrole nitrogens is 1. The van der Waals surface area contributed by atoms with Gasteiger partial charge in [0, 0.05) is 41.1 Å². The standard InChI is InChI=1S/C21H21N5O2.C2H6.CH4/c1-3-26-12-17(19(25-26)13-6-5-7-14(22)10-13)15-8-9-23-20-16(15)11-18(24-20)21(27)28-4-2;1-2;/h5-12H,3-4,22H2,1-2H3,(H,23,24);1-2H3;1H4. The van der Waals surface area contributed by atoms with Crippen LogP contribution in [0.2, 0.25) is 0 Å². The monoisotopic (exact) mass is 421 g/mol. The number of nitrogens with two attached hydrogens (primary N) is 1. The van der Waals surface area contributed by atoms with Crippen LogP contribution in [0.5, 0.6) is 0 Å². The van der Waals surface area contributed by atoms with Crippen molar-refractivity contribution in [1.29, 1.82) is 0 Å². The number of fused-ring (bicyclic) bond motifs is 1. The van der Waals surface area contributed by atoms with Gasteiger partial charge in [-0.1, -0.05) is 33.4 Å². The van der Waals surface area contributed by atoms with E-state index in [1.807, 2.05) is 62.0 Å². The van der Waals surface area contributed by atoms with Crippen molar-refractivity contribution in [3.63, 3.8) is 0 Å². The van der Waals surface area contributed by atoms with E-state index >= 15 is 0 Å². The number of aromatic amines is 1. The Balaban J connectivity index is 0.00000111. The van der Waals surface area contributed by atoms with Crippen LogP contribution in [0.25, 0.3) is 33.4 Å². The molecule has 0 aliphatic carbocycles. The van der Waals surface area contributed by atoms with E-state index in [2.05, 4.69) is 9.97 Å². The Kier molecular flexibility index (Phi) is 7.96. The molecule has 0 fully saturated rings. The van der Waals surface area contributed by atoms with Gasteiger partial charge in [-0.25, -0.2) is 9.78 Å². The molecule has 31 heavy (non-hydrogen) atoms. The van der Waals surface area contributed by atoms with Gasteiger partial charge in [-0.2, -0.15) is 5.10 Å². The minimum absolute atomic E-state index is 0. The molecule has 3 N–H and O–H groups in total. The first kappa shape index (κ1) is 23.7. The van der Waals surface area contributed by atoms with Crippen LogP contribution in [-0.4, -0.2) is 32.3 Å². The first-order valence-electron chi connectivity index (χ1n) is 10.2. The number of nitrogens with one attached hydrogen (secondary N) is 1. The SMILES string of the molecule is C.CC.CCOC(=O)c1cc2c(-c3cn(CC)nc3-c3cccc(N)c3)ccnc2[nH]1. The lowest BCUT2D eigenvalue weighted by Gasteiger charge is -2.05. The van der Waals surface area contributed by atoms with Crippen molar-refractivity contribution in [1.82, 2.24) is 19.7 Å². The van der Waals surface area contributed by atoms with Crippen molar-refractivity contribution in [3.8, 4) is 22.4 Å². The van der Waals surface area contributed by atoms with Gasteiger partial charge in [-0.3, -0.25) is 4.68 Å². The lowest BCUT2D eigenvalue weighted by molar-refractivity contribution is 0.0520. The fraction of sp³-hybridized carbons (Fsp3) is 0.292. The quantitative estimate of drug-likeness (QED) is 0.326. The number of esters is 1. The molecule has 0 saturated carbocycles. The Hall–Kier alpha value is -3.61. The number of aryl methyl sites for hydroxylation is 1. The first-order chi connectivity index (χ1) is 14.6. The minimum Gasteiger partial charge on any atom is -0.461 e. The number of nitrogens with zero attached hydrogens (tertiary/aromatic N) is 3. The van der Waals surface area contributed by atoms with Crippen LogP contribution >= 0.6 is 0 Å². The molecule has 1 aromatic carbocycles. The highest BCUT2D eigenvalue weighted by Crippen LogP contribution is 2.35. The van der Waals surface area contributed by atoms with Crippen molar-refractivity contribution < 1.29 is 9.53 Å². The van der Waals surface area contributed by atoms with Crippen molar-refractivity contribution in [2.24, 2.45) is 0 Å². The van der Waals surface area contributed by atoms with Gasteiger partial charge >= 0.3 is 5.97 Å². The summed E-state index contributed by atoms with van der Waals surface area (Å²) in [6.07, 6.45) is 3.72. The minimum atomic E-state index is -0.397. The molecule has 4 rings (SSSR count). The van der Waals surface area contributed by atoms with E-state index in [1.54, 1.807) is 19.2 Å². The van der Waals surface area contributed by atoms with Crippen molar-refractivity contribution in [2.45, 2.75) is 41.7 Å². The van der Waals surface area contributed by atoms with Crippen LogP contribution in [0.15, 0.2) is 48.8 Å². The van der Waals surface area contributed by atoms with Crippen molar-refractivity contribution in [2.75, 3.05) is 12.3 Å². The second-order valence-corrected chi connectivity index (χ2v) is 6.40. The molecule has 0 amide bonds. The zero-order valence-electron chi connectivity index (χ0n) is 17.8. The summed E-state index contributed by atoms with van der Waals surface area (Å²) in [7, 11) is 0. The molecule has 7 nitrogen and oxygen atoms in total. The molecule has 0 unspecified atom stereocenters. The maximum Gasteiger partial charge on any atom is 0.354 e. The highest BCUT2D eigenvalue weighted by atomic mass is 16.5. The van der Waals surface area contributed by atoms with E-state index < -0.39 is 5.97 Å². The fourth-order valence-corrected chi connectivity index (χ4v) is 3.26. The van der Waals surface area contributed by atoms with Gasteiger partial charge in [0.15, 0.2) is 0 Å². The average molecular weight is 422 g/mol. The topological polar surface area (TPSA) is 98.8 Å². The summed E-state index contributed by atoms with van der Waals surface area (Å²) in [4.78, 5) is 19.5. The summed E-state index contributed by atoms with van der Waals surface area (Å²) in [5.74, 6) is -0.397. The van der Waals surface area contributed by atoms with Crippen LogP contribution < -0.4 is 5.73 Å². The number of hydrogen-bond acceptors (Lipinski definition) is 5. The normalized spacial score (nSPS) is 10.2. The maximum atomic E-state index is 12.1. The largest absolute Gasteiger partial charge is 0.461 e. The summed E-state index contributed by atoms with van der Waals surface area (Å²) in [6, 6.07) is 11.4. The molecular weight excluding hydrogens is 390 g/mol. The number of ether oxygens (including phenoxy) is 1. The number of anilines is 1. The second kappa shape index (κ2) is 10.4. The number of nitrogen functional groups attached to an aromatic ring is 1. The van der Waals surface area contributed by atoms with Crippen LogP contribution in [0.4, 0.5) is 5.69 Å². The Bertz CT molecular complexity index is 1160. The predicted molar refractivity (Wildman–Crippen MR) is 127 cm³/mol. The molecule has 7 heteroatoms. The number of hydrogen-bond donors (Lipinski definition) is 2. The average Bonchev–Trinajstić information content (AvgIpc) is 3.40. The third-order valence-corrected chi connectivity index (χ3v) is 4.56. The summed E-state index contributed by atoms with van der Waals surface area (Å²) < 4.78 is 6.99. The lowest BCUT2D eigenvalue weighted by Crippen LogP contribution is -2.04. The molecule has 0 spiro atoms. The van der Waals surface area contributed by atoms with E-state index in [0.717, 1.165) is 34.3 Å². The molecule has 0 saturated heterocycles. The zero-order chi connectivity index (χ0) is 21.7. The molecule has 0 radical (unpaired) electrons. The number of benzene rings is 1. The van der Waals surface area contributed by atoms with Crippen molar-refractivity contribution >= 4 is 22.7 Å². The van der Waals surface area contributed by atoms with Gasteiger partial charge < -0.3 is 15.5 Å². The molecule has 164 valence electrons. The summed E-state index contributed by atoms with van der Waals surface area (Å²) in [5.41, 5.74) is 11.3. The summed E-state index contributed by atoms with van der Waals surface area (Å²) in [5, 5.41) is 5.57. The van der Waals surface area contributed by atoms with Gasteiger partial charge in [0.1, 0.15) is 17.0 Å². The van der Waals surface area contributed by atoms with Crippen LogP contribution in [0.3, 0.4) is 0 Å². The third kappa shape index (κ3) is 4.77. The number of carbonyl (C=O) groups excluding carboxylic acids is 1. The molecular formula is C24H31N5O2. The van der Waals surface area contributed by atoms with Gasteiger partial charge in [-0.15, -0.1) is 0 Å². The predicted octanol–water partition coefficient (Wildman–Crippen LogP) is 5.53. The molecule has 3 heterocycles. The first-order valence-corrected chi connectivity index (χ1v) is 10.2. The highest BCUT2D eigenvalue weighted by molar-refractivity contribution is 6.01. The smallest absolute Gasteiger partial charge is 0.354 e. The Morgan fingerprint density at radius 1 is 1.16 bits per heavy atom.